The number of hydrogen-bond acceptors (Lipinski definition) is 3. The summed E-state index contributed by atoms with van der Waals surface area (Å²) in [6, 6.07) is 16.9. The Balaban J connectivity index is 0.00000261. The Hall–Kier alpha value is -2.37. The molecule has 3 rings (SSSR count). The predicted molar refractivity (Wildman–Crippen MR) is 109 cm³/mol. The van der Waals surface area contributed by atoms with Gasteiger partial charge in [0.15, 0.2) is 0 Å². The summed E-state index contributed by atoms with van der Waals surface area (Å²) in [5.41, 5.74) is 2.62. The third-order valence-corrected chi connectivity index (χ3v) is 4.64. The average Bonchev–Trinajstić information content (AvgIpc) is 3.15. The fourth-order valence-electron chi connectivity index (χ4n) is 3.13. The van der Waals surface area contributed by atoms with Crippen LogP contribution in [-0.2, 0) is 4.79 Å². The maximum atomic E-state index is 12.6. The fourth-order valence-corrected chi connectivity index (χ4v) is 3.13. The lowest BCUT2D eigenvalue weighted by Gasteiger charge is -2.20. The molecule has 3 N–H and O–H groups in total. The molecule has 1 saturated heterocycles. The summed E-state index contributed by atoms with van der Waals surface area (Å²) < 4.78 is 0. The van der Waals surface area contributed by atoms with Crippen LogP contribution in [0, 0.1) is 6.92 Å². The van der Waals surface area contributed by atoms with Gasteiger partial charge in [-0.3, -0.25) is 9.59 Å². The van der Waals surface area contributed by atoms with Gasteiger partial charge in [-0.25, -0.2) is 0 Å². The first kappa shape index (κ1) is 20.9. The van der Waals surface area contributed by atoms with Crippen molar-refractivity contribution >= 4 is 24.2 Å². The summed E-state index contributed by atoms with van der Waals surface area (Å²) in [6.45, 7) is 3.71. The van der Waals surface area contributed by atoms with Gasteiger partial charge in [0.2, 0.25) is 5.91 Å². The van der Waals surface area contributed by atoms with E-state index >= 15 is 0 Å². The van der Waals surface area contributed by atoms with Gasteiger partial charge in [0.25, 0.3) is 5.91 Å². The second-order valence-electron chi connectivity index (χ2n) is 6.76. The van der Waals surface area contributed by atoms with Gasteiger partial charge < -0.3 is 16.0 Å². The van der Waals surface area contributed by atoms with Gasteiger partial charge in [0.05, 0.1) is 12.5 Å². The second-order valence-corrected chi connectivity index (χ2v) is 6.76. The third-order valence-electron chi connectivity index (χ3n) is 4.64. The number of halogens is 1. The third kappa shape index (κ3) is 6.08. The number of amides is 2. The maximum Gasteiger partial charge on any atom is 0.251 e. The van der Waals surface area contributed by atoms with E-state index in [1.165, 1.54) is 0 Å². The van der Waals surface area contributed by atoms with Crippen molar-refractivity contribution in [1.82, 2.24) is 16.0 Å². The quantitative estimate of drug-likeness (QED) is 0.713. The van der Waals surface area contributed by atoms with Crippen LogP contribution in [0.5, 0.6) is 0 Å². The molecule has 0 aliphatic carbocycles. The Kier molecular flexibility index (Phi) is 7.82. The normalized spacial score (nSPS) is 16.9. The van der Waals surface area contributed by atoms with Crippen molar-refractivity contribution in [2.24, 2.45) is 0 Å². The first-order chi connectivity index (χ1) is 12.6. The van der Waals surface area contributed by atoms with E-state index < -0.39 is 0 Å². The molecular weight excluding hydrogens is 362 g/mol. The molecule has 2 aromatic rings. The predicted octanol–water partition coefficient (Wildman–Crippen LogP) is 2.76. The van der Waals surface area contributed by atoms with E-state index in [2.05, 4.69) is 16.0 Å². The van der Waals surface area contributed by atoms with Crippen LogP contribution in [0.25, 0.3) is 0 Å². The second kappa shape index (κ2) is 10.1. The monoisotopic (exact) mass is 387 g/mol. The lowest BCUT2D eigenvalue weighted by molar-refractivity contribution is -0.122. The largest absolute Gasteiger partial charge is 0.352 e. The molecule has 1 heterocycles. The Labute approximate surface area is 166 Å². The SMILES string of the molecule is Cc1ccc(C(=O)NC(CC(=O)NC2CCNC2)c2ccccc2)cc1.Cl. The molecule has 0 aromatic heterocycles. The minimum absolute atomic E-state index is 0. The Bertz CT molecular complexity index is 744. The maximum absolute atomic E-state index is 12.6. The Morgan fingerprint density at radius 1 is 1.11 bits per heavy atom. The lowest BCUT2D eigenvalue weighted by atomic mass is 10.0. The van der Waals surface area contributed by atoms with Crippen LogP contribution >= 0.6 is 12.4 Å². The van der Waals surface area contributed by atoms with Crippen LogP contribution in [0.2, 0.25) is 0 Å². The molecule has 2 atom stereocenters. The first-order valence-corrected chi connectivity index (χ1v) is 9.04. The number of benzene rings is 2. The van der Waals surface area contributed by atoms with Crippen molar-refractivity contribution in [3.05, 3.63) is 71.3 Å². The van der Waals surface area contributed by atoms with Gasteiger partial charge in [-0.1, -0.05) is 48.0 Å². The van der Waals surface area contributed by atoms with E-state index in [0.29, 0.717) is 5.56 Å². The number of rotatable bonds is 6. The molecule has 5 nitrogen and oxygen atoms in total. The minimum atomic E-state index is -0.362. The smallest absolute Gasteiger partial charge is 0.251 e. The molecule has 27 heavy (non-hydrogen) atoms. The Morgan fingerprint density at radius 2 is 1.81 bits per heavy atom. The van der Waals surface area contributed by atoms with E-state index in [1.54, 1.807) is 12.1 Å². The van der Waals surface area contributed by atoms with Gasteiger partial charge in [-0.05, 0) is 37.6 Å². The molecule has 2 unspecified atom stereocenters. The molecule has 2 amide bonds. The van der Waals surface area contributed by atoms with Crippen LogP contribution in [-0.4, -0.2) is 30.9 Å². The minimum Gasteiger partial charge on any atom is -0.352 e. The summed E-state index contributed by atoms with van der Waals surface area (Å²) in [5, 5.41) is 9.29. The highest BCUT2D eigenvalue weighted by atomic mass is 35.5. The molecular formula is C21H26ClN3O2. The average molecular weight is 388 g/mol. The topological polar surface area (TPSA) is 70.2 Å². The van der Waals surface area contributed by atoms with E-state index in [4.69, 9.17) is 0 Å². The zero-order valence-corrected chi connectivity index (χ0v) is 16.2. The van der Waals surface area contributed by atoms with Gasteiger partial charge in [-0.15, -0.1) is 12.4 Å². The number of carbonyl (C=O) groups excluding carboxylic acids is 2. The number of hydrogen-bond donors (Lipinski definition) is 3. The van der Waals surface area contributed by atoms with Crippen molar-refractivity contribution in [3.8, 4) is 0 Å². The van der Waals surface area contributed by atoms with Crippen LogP contribution in [0.4, 0.5) is 0 Å². The van der Waals surface area contributed by atoms with Crippen molar-refractivity contribution in [2.45, 2.75) is 31.8 Å². The molecule has 2 aromatic carbocycles. The van der Waals surface area contributed by atoms with Crippen molar-refractivity contribution in [3.63, 3.8) is 0 Å². The summed E-state index contributed by atoms with van der Waals surface area (Å²) in [7, 11) is 0. The van der Waals surface area contributed by atoms with Crippen LogP contribution in [0.1, 0.15) is 40.4 Å². The molecule has 0 bridgehead atoms. The molecule has 144 valence electrons. The highest BCUT2D eigenvalue weighted by Crippen LogP contribution is 2.18. The van der Waals surface area contributed by atoms with Crippen LogP contribution < -0.4 is 16.0 Å². The zero-order valence-electron chi connectivity index (χ0n) is 15.4. The lowest BCUT2D eigenvalue weighted by Crippen LogP contribution is -2.39. The molecule has 1 fully saturated rings. The van der Waals surface area contributed by atoms with E-state index in [-0.39, 0.29) is 42.7 Å². The molecule has 0 saturated carbocycles. The number of carbonyl (C=O) groups is 2. The van der Waals surface area contributed by atoms with Gasteiger partial charge in [-0.2, -0.15) is 0 Å². The highest BCUT2D eigenvalue weighted by molar-refractivity contribution is 5.94. The van der Waals surface area contributed by atoms with E-state index in [1.807, 2.05) is 49.4 Å². The number of nitrogens with one attached hydrogen (secondary N) is 3. The van der Waals surface area contributed by atoms with Crippen LogP contribution in [0.3, 0.4) is 0 Å². The van der Waals surface area contributed by atoms with Crippen molar-refractivity contribution < 1.29 is 9.59 Å². The molecule has 0 spiro atoms. The fraction of sp³-hybridized carbons (Fsp3) is 0.333. The molecule has 1 aliphatic heterocycles. The highest BCUT2D eigenvalue weighted by Gasteiger charge is 2.22. The zero-order chi connectivity index (χ0) is 18.4. The summed E-state index contributed by atoms with van der Waals surface area (Å²) >= 11 is 0. The van der Waals surface area contributed by atoms with Crippen molar-refractivity contribution in [2.75, 3.05) is 13.1 Å². The van der Waals surface area contributed by atoms with Gasteiger partial charge in [0.1, 0.15) is 0 Å². The molecule has 6 heteroatoms. The standard InChI is InChI=1S/C21H25N3O2.ClH/c1-15-7-9-17(10-8-15)21(26)24-19(16-5-3-2-4-6-16)13-20(25)23-18-11-12-22-14-18;/h2-10,18-19,22H,11-14H2,1H3,(H,23,25)(H,24,26);1H. The van der Waals surface area contributed by atoms with Gasteiger partial charge in [0, 0.05) is 18.2 Å². The summed E-state index contributed by atoms with van der Waals surface area (Å²) in [6.07, 6.45) is 1.16. The summed E-state index contributed by atoms with van der Waals surface area (Å²) in [4.78, 5) is 25.1. The Morgan fingerprint density at radius 3 is 2.44 bits per heavy atom. The van der Waals surface area contributed by atoms with E-state index in [9.17, 15) is 9.59 Å². The van der Waals surface area contributed by atoms with Gasteiger partial charge >= 0.3 is 0 Å². The summed E-state index contributed by atoms with van der Waals surface area (Å²) in [5.74, 6) is -0.217. The number of aryl methyl sites for hydroxylation is 1. The molecule has 0 radical (unpaired) electrons. The first-order valence-electron chi connectivity index (χ1n) is 9.04. The van der Waals surface area contributed by atoms with Crippen molar-refractivity contribution in [1.29, 1.82) is 0 Å². The van der Waals surface area contributed by atoms with E-state index in [0.717, 1.165) is 30.6 Å². The molecule has 1 aliphatic rings. The van der Waals surface area contributed by atoms with Crippen LogP contribution in [0.15, 0.2) is 54.6 Å².